The first-order chi connectivity index (χ1) is 43.5. The number of aromatic nitrogens is 6. The number of imidazole rings is 3. The minimum Gasteiger partial charge on any atom is -0.494 e. The van der Waals surface area contributed by atoms with E-state index in [9.17, 15) is 18.6 Å². The van der Waals surface area contributed by atoms with Crippen LogP contribution in [0.15, 0.2) is 200 Å². The van der Waals surface area contributed by atoms with Gasteiger partial charge in [-0.15, -0.1) is 0 Å². The van der Waals surface area contributed by atoms with E-state index in [0.29, 0.717) is 43.0 Å². The monoisotopic (exact) mass is 1210 g/mol. The highest BCUT2D eigenvalue weighted by Crippen LogP contribution is 2.34. The molecule has 12 rings (SSSR count). The average Bonchev–Trinajstić information content (AvgIpc) is 1.93. The fourth-order valence-corrected chi connectivity index (χ4v) is 10.5. The van der Waals surface area contributed by atoms with E-state index >= 15 is 0 Å². The van der Waals surface area contributed by atoms with Gasteiger partial charge in [0.1, 0.15) is 17.2 Å². The van der Waals surface area contributed by atoms with Crippen molar-refractivity contribution in [3.8, 4) is 86.2 Å². The number of aromatic amines is 3. The van der Waals surface area contributed by atoms with Gasteiger partial charge in [-0.05, 0) is 214 Å². The molecule has 9 aromatic carbocycles. The zero-order chi connectivity index (χ0) is 63.2. The fourth-order valence-electron chi connectivity index (χ4n) is 9.92. The fraction of sp³-hybridized carbons (Fsp3) is 0.160. The molecule has 0 spiro atoms. The maximum Gasteiger partial charge on any atom is 0.229 e. The average molecular weight is 1210 g/mol. The maximum atomic E-state index is 11.7. The van der Waals surface area contributed by atoms with Crippen molar-refractivity contribution in [2.45, 2.75) is 53.2 Å². The summed E-state index contributed by atoms with van der Waals surface area (Å²) in [6.45, 7) is 13.2. The summed E-state index contributed by atoms with van der Waals surface area (Å²) in [5.41, 5.74) is 14.9. The van der Waals surface area contributed by atoms with Gasteiger partial charge < -0.3 is 39.4 Å². The molecule has 0 aliphatic heterocycles. The summed E-state index contributed by atoms with van der Waals surface area (Å²) in [5.74, 6) is 22.9. The lowest BCUT2D eigenvalue weighted by Crippen LogP contribution is -2.16. The molecule has 1 atom stereocenters. The molecule has 0 aliphatic carbocycles. The quantitative estimate of drug-likeness (QED) is 0.0604. The molecule has 450 valence electrons. The number of sulfonamides is 1. The number of nitrogens with one attached hydrogen (secondary N) is 4. The van der Waals surface area contributed by atoms with E-state index < -0.39 is 21.7 Å². The van der Waals surface area contributed by atoms with Gasteiger partial charge in [-0.1, -0.05) is 103 Å². The first-order valence-corrected chi connectivity index (χ1v) is 31.3. The molecule has 0 saturated heterocycles. The minimum absolute atomic E-state index is 0.527. The van der Waals surface area contributed by atoms with Gasteiger partial charge in [-0.2, -0.15) is 0 Å². The van der Waals surface area contributed by atoms with Crippen LogP contribution < -0.4 is 18.9 Å². The number of aliphatic hydroxyl groups excluding tert-OH is 1. The number of para-hydroxylation sites is 1. The molecule has 15 heteroatoms. The Morgan fingerprint density at radius 2 is 0.833 bits per heavy atom. The Hall–Kier alpha value is -10.9. The minimum atomic E-state index is -3.38. The van der Waals surface area contributed by atoms with Crippen molar-refractivity contribution in [2.75, 3.05) is 30.8 Å². The summed E-state index contributed by atoms with van der Waals surface area (Å²) in [7, 11) is -3.38. The summed E-state index contributed by atoms with van der Waals surface area (Å²) >= 11 is 0. The summed E-state index contributed by atoms with van der Waals surface area (Å²) in [6, 6.07) is 63.9. The molecule has 6 N–H and O–H groups in total. The predicted molar refractivity (Wildman–Crippen MR) is 360 cm³/mol. The van der Waals surface area contributed by atoms with E-state index in [-0.39, 0.29) is 0 Å². The van der Waals surface area contributed by atoms with Crippen molar-refractivity contribution < 1.29 is 32.8 Å². The van der Waals surface area contributed by atoms with Crippen LogP contribution in [-0.2, 0) is 15.6 Å². The third-order valence-electron chi connectivity index (χ3n) is 14.1. The lowest BCUT2D eigenvalue weighted by Gasteiger charge is -2.21. The van der Waals surface area contributed by atoms with Gasteiger partial charge in [0.05, 0.1) is 76.6 Å². The number of rotatable bonds is 13. The Bertz CT molecular complexity index is 4800. The van der Waals surface area contributed by atoms with Gasteiger partial charge in [-0.3, -0.25) is 4.72 Å². The van der Waals surface area contributed by atoms with Crippen molar-refractivity contribution in [2.24, 2.45) is 0 Å². The summed E-state index contributed by atoms with van der Waals surface area (Å²) < 4.78 is 42.3. The normalized spacial score (nSPS) is 11.3. The van der Waals surface area contributed by atoms with E-state index in [2.05, 4.69) is 76.2 Å². The number of nitrogens with zero attached hydrogens (tertiary/aromatic N) is 3. The van der Waals surface area contributed by atoms with Crippen LogP contribution in [0.3, 0.4) is 0 Å². The van der Waals surface area contributed by atoms with E-state index in [4.69, 9.17) is 14.2 Å². The van der Waals surface area contributed by atoms with Crippen LogP contribution in [0, 0.1) is 35.5 Å². The van der Waals surface area contributed by atoms with Gasteiger partial charge >= 0.3 is 0 Å². The third kappa shape index (κ3) is 16.2. The SMILES string of the molecule is CCOc1ccc(C#Cc2nc3ccc(-c4ccccc4C(C)(C)O)cc3[nH]2)cc1.CCOc1ccc(C#Cc2nc3ccc(-c4ccccc4C(C)O)cc3[nH]2)cc1.CCOc1ccc(C#Cc2nc3ccc(-c4ccccc4NS(C)(=O)=O)cc3[nH]2)cc1. The zero-order valence-corrected chi connectivity index (χ0v) is 51.8. The Labute approximate surface area is 524 Å². The van der Waals surface area contributed by atoms with Crippen molar-refractivity contribution in [1.82, 2.24) is 29.9 Å². The topological polar surface area (TPSA) is 200 Å². The van der Waals surface area contributed by atoms with Crippen molar-refractivity contribution in [1.29, 1.82) is 0 Å². The van der Waals surface area contributed by atoms with Crippen LogP contribution in [0.1, 0.15) is 92.9 Å². The van der Waals surface area contributed by atoms with Crippen LogP contribution in [-0.4, -0.2) is 74.6 Å². The van der Waals surface area contributed by atoms with Crippen LogP contribution >= 0.6 is 0 Å². The summed E-state index contributed by atoms with van der Waals surface area (Å²) in [4.78, 5) is 23.5. The molecule has 0 fully saturated rings. The van der Waals surface area contributed by atoms with Gasteiger partial charge in [0.15, 0.2) is 17.5 Å². The molecule has 0 saturated carbocycles. The van der Waals surface area contributed by atoms with Gasteiger partial charge in [-0.25, -0.2) is 23.4 Å². The van der Waals surface area contributed by atoms with Crippen molar-refractivity contribution in [3.05, 3.63) is 245 Å². The molecule has 3 heterocycles. The highest BCUT2D eigenvalue weighted by Gasteiger charge is 2.21. The molecule has 12 aromatic rings. The smallest absolute Gasteiger partial charge is 0.229 e. The maximum absolute atomic E-state index is 11.7. The first kappa shape index (κ1) is 62.2. The standard InChI is InChI=1S/C26H24N2O2.C25H22N2O2.C24H21N3O3S/c1-4-30-20-13-9-18(10-14-20)11-16-25-27-23-15-12-19(17-24(23)28-25)21-7-5-6-8-22(21)26(2,3)29;1-3-29-20-12-8-18(9-13-20)10-15-25-26-23-14-11-19(16-24(23)27-25)22-7-5-4-6-21(22)17(2)28;1-3-30-19-12-8-17(9-13-19)10-15-24-25-22-14-11-18(16-23(22)26-24)20-6-4-5-7-21(20)27-31(2,28)29/h5-10,12-15,17,29H,4H2,1-3H3,(H,27,28);4-9,11-14,16-17,28H,3H2,1-2H3,(H,26,27);4-9,11-14,16,27H,3H2,1-2H3,(H,25,26). The summed E-state index contributed by atoms with van der Waals surface area (Å²) in [5, 5.41) is 20.6. The highest BCUT2D eigenvalue weighted by atomic mass is 32.2. The number of anilines is 1. The number of aliphatic hydroxyl groups is 2. The van der Waals surface area contributed by atoms with Crippen molar-refractivity contribution in [3.63, 3.8) is 0 Å². The highest BCUT2D eigenvalue weighted by molar-refractivity contribution is 7.92. The second kappa shape index (κ2) is 28.3. The molecule has 90 heavy (non-hydrogen) atoms. The van der Waals surface area contributed by atoms with E-state index in [1.165, 1.54) is 0 Å². The molecular weight excluding hydrogens is 1140 g/mol. The van der Waals surface area contributed by atoms with E-state index in [1.807, 2.05) is 203 Å². The molecule has 3 aromatic heterocycles. The van der Waals surface area contributed by atoms with Crippen LogP contribution in [0.4, 0.5) is 5.69 Å². The molecule has 14 nitrogen and oxygen atoms in total. The number of hydrogen-bond acceptors (Lipinski definition) is 10. The number of H-pyrrole nitrogens is 3. The molecular formula is C75H67N7O7S. The Kier molecular flexibility index (Phi) is 19.6. The molecule has 0 amide bonds. The van der Waals surface area contributed by atoms with E-state index in [0.717, 1.165) is 118 Å². The van der Waals surface area contributed by atoms with Crippen LogP contribution in [0.2, 0.25) is 0 Å². The van der Waals surface area contributed by atoms with Gasteiger partial charge in [0, 0.05) is 22.3 Å². The zero-order valence-electron chi connectivity index (χ0n) is 50.9. The van der Waals surface area contributed by atoms with E-state index in [1.54, 1.807) is 32.9 Å². The summed E-state index contributed by atoms with van der Waals surface area (Å²) in [6.07, 6.45) is 0.608. The second-order valence-electron chi connectivity index (χ2n) is 21.4. The Balaban J connectivity index is 0.000000149. The third-order valence-corrected chi connectivity index (χ3v) is 14.7. The Morgan fingerprint density at radius 3 is 1.22 bits per heavy atom. The second-order valence-corrected chi connectivity index (χ2v) is 23.1. The molecule has 0 bridgehead atoms. The largest absolute Gasteiger partial charge is 0.494 e. The predicted octanol–water partition coefficient (Wildman–Crippen LogP) is 14.7. The number of fused-ring (bicyclic) bond motifs is 3. The van der Waals surface area contributed by atoms with Gasteiger partial charge in [0.2, 0.25) is 10.0 Å². The molecule has 0 radical (unpaired) electrons. The number of hydrogen-bond donors (Lipinski definition) is 6. The van der Waals surface area contributed by atoms with Crippen LogP contribution in [0.5, 0.6) is 17.2 Å². The molecule has 1 unspecified atom stereocenters. The first-order valence-electron chi connectivity index (χ1n) is 29.4. The van der Waals surface area contributed by atoms with Crippen LogP contribution in [0.25, 0.3) is 66.5 Å². The number of benzene rings is 9. The van der Waals surface area contributed by atoms with Gasteiger partial charge in [0.25, 0.3) is 0 Å². The number of ether oxygens (including phenoxy) is 3. The lowest BCUT2D eigenvalue weighted by molar-refractivity contribution is 0.0792. The van der Waals surface area contributed by atoms with Crippen molar-refractivity contribution >= 4 is 48.8 Å². The lowest BCUT2D eigenvalue weighted by atomic mass is 9.89. The Morgan fingerprint density at radius 1 is 0.478 bits per heavy atom. The molecule has 0 aliphatic rings.